The lowest BCUT2D eigenvalue weighted by Crippen LogP contribution is -2.55. The Morgan fingerprint density at radius 1 is 1.23 bits per heavy atom. The van der Waals surface area contributed by atoms with Gasteiger partial charge in [0, 0.05) is 25.2 Å². The number of ether oxygens (including phenoxy) is 4. The van der Waals surface area contributed by atoms with Gasteiger partial charge in [0.1, 0.15) is 18.3 Å². The van der Waals surface area contributed by atoms with E-state index in [2.05, 4.69) is 13.8 Å². The Labute approximate surface area is 177 Å². The van der Waals surface area contributed by atoms with Crippen molar-refractivity contribution in [1.29, 1.82) is 0 Å². The fourth-order valence-electron chi connectivity index (χ4n) is 6.52. The minimum absolute atomic E-state index is 0.0254. The zero-order chi connectivity index (χ0) is 21.9. The van der Waals surface area contributed by atoms with Crippen LogP contribution < -0.4 is 0 Å². The van der Waals surface area contributed by atoms with E-state index in [1.54, 1.807) is 6.08 Å². The summed E-state index contributed by atoms with van der Waals surface area (Å²) in [5.74, 6) is 0.00594. The zero-order valence-electron chi connectivity index (χ0n) is 18.2. The first-order valence-corrected chi connectivity index (χ1v) is 10.8. The number of aliphatic hydroxyl groups is 3. The first-order chi connectivity index (χ1) is 14.1. The topological polar surface area (TPSA) is 115 Å². The highest BCUT2D eigenvalue weighted by Gasteiger charge is 2.63. The molecule has 9 atom stereocenters. The van der Waals surface area contributed by atoms with E-state index in [9.17, 15) is 20.1 Å². The van der Waals surface area contributed by atoms with Crippen LogP contribution in [-0.4, -0.2) is 72.5 Å². The summed E-state index contributed by atoms with van der Waals surface area (Å²) in [4.78, 5) is 12.4. The Balaban J connectivity index is 1.63. The van der Waals surface area contributed by atoms with Crippen molar-refractivity contribution >= 4 is 5.97 Å². The smallest absolute Gasteiger partial charge is 0.334 e. The van der Waals surface area contributed by atoms with Crippen LogP contribution in [0.15, 0.2) is 11.6 Å². The molecule has 0 radical (unpaired) electrons. The largest absolute Gasteiger partial charge is 0.461 e. The normalized spacial score (nSPS) is 50.6. The highest BCUT2D eigenvalue weighted by molar-refractivity contribution is 5.92. The molecule has 0 aromatic rings. The van der Waals surface area contributed by atoms with E-state index in [0.29, 0.717) is 30.9 Å². The van der Waals surface area contributed by atoms with Crippen molar-refractivity contribution in [2.24, 2.45) is 22.7 Å². The molecule has 2 aliphatic heterocycles. The van der Waals surface area contributed by atoms with Crippen molar-refractivity contribution in [1.82, 2.24) is 0 Å². The highest BCUT2D eigenvalue weighted by Crippen LogP contribution is 2.64. The lowest BCUT2D eigenvalue weighted by atomic mass is 9.46. The maximum absolute atomic E-state index is 12.4. The summed E-state index contributed by atoms with van der Waals surface area (Å²) in [6.07, 6.45) is 0.902. The molecule has 0 aromatic carbocycles. The van der Waals surface area contributed by atoms with Gasteiger partial charge in [0.15, 0.2) is 12.6 Å². The van der Waals surface area contributed by atoms with Gasteiger partial charge in [0.25, 0.3) is 0 Å². The molecule has 2 saturated heterocycles. The molecule has 0 bridgehead atoms. The summed E-state index contributed by atoms with van der Waals surface area (Å²) in [6.45, 7) is 4.70. The number of hydrogen-bond donors (Lipinski definition) is 3. The van der Waals surface area contributed by atoms with E-state index in [4.69, 9.17) is 18.9 Å². The third-order valence-electron chi connectivity index (χ3n) is 8.61. The number of aliphatic hydroxyl groups excluding tert-OH is 2. The first kappa shape index (κ1) is 22.2. The van der Waals surface area contributed by atoms with Crippen LogP contribution in [0.4, 0.5) is 0 Å². The molecule has 3 fully saturated rings. The van der Waals surface area contributed by atoms with Gasteiger partial charge in [-0.15, -0.1) is 0 Å². The van der Waals surface area contributed by atoms with Crippen LogP contribution in [0.2, 0.25) is 0 Å². The Kier molecular flexibility index (Phi) is 5.57. The Morgan fingerprint density at radius 3 is 2.63 bits per heavy atom. The van der Waals surface area contributed by atoms with Crippen LogP contribution >= 0.6 is 0 Å². The van der Waals surface area contributed by atoms with Crippen LogP contribution in [0, 0.1) is 22.7 Å². The minimum Gasteiger partial charge on any atom is -0.461 e. The Bertz CT molecular complexity index is 720. The number of methoxy groups -OCH3 is 2. The van der Waals surface area contributed by atoms with E-state index >= 15 is 0 Å². The molecule has 2 heterocycles. The van der Waals surface area contributed by atoms with Crippen molar-refractivity contribution < 1.29 is 39.1 Å². The Morgan fingerprint density at radius 2 is 1.97 bits per heavy atom. The van der Waals surface area contributed by atoms with Crippen molar-refractivity contribution in [3.63, 3.8) is 0 Å². The molecule has 1 saturated carbocycles. The third kappa shape index (κ3) is 2.99. The summed E-state index contributed by atoms with van der Waals surface area (Å²) >= 11 is 0. The van der Waals surface area contributed by atoms with Crippen LogP contribution in [0.1, 0.15) is 46.0 Å². The second kappa shape index (κ2) is 7.53. The summed E-state index contributed by atoms with van der Waals surface area (Å²) in [7, 11) is 2.84. The van der Waals surface area contributed by atoms with Crippen LogP contribution in [-0.2, 0) is 23.7 Å². The number of hydrogen-bond acceptors (Lipinski definition) is 8. The molecule has 170 valence electrons. The number of carbonyl (C=O) groups excluding carboxylic acids is 1. The van der Waals surface area contributed by atoms with Crippen molar-refractivity contribution in [3.05, 3.63) is 11.6 Å². The standard InChI is InChI=1S/C22H34O8/c1-12-5-6-21-11-29-17(25)14(21)9-13(23)10-15(21)20(12,2)7-8-22(26)16(24)18(27-3)30-19(22)28-4/h9,12-13,15-16,18-19,23-24,26H,5-8,10-11H2,1-4H3. The molecular formula is C22H34O8. The lowest BCUT2D eigenvalue weighted by Gasteiger charge is -2.57. The summed E-state index contributed by atoms with van der Waals surface area (Å²) < 4.78 is 21.4. The number of cyclic esters (lactones) is 1. The van der Waals surface area contributed by atoms with Gasteiger partial charge in [0.2, 0.25) is 0 Å². The highest BCUT2D eigenvalue weighted by atomic mass is 16.8. The quantitative estimate of drug-likeness (QED) is 0.561. The van der Waals surface area contributed by atoms with Gasteiger partial charge in [0.05, 0.1) is 6.10 Å². The van der Waals surface area contributed by atoms with Gasteiger partial charge < -0.3 is 34.3 Å². The molecular weight excluding hydrogens is 392 g/mol. The molecule has 4 rings (SSSR count). The van der Waals surface area contributed by atoms with Crippen molar-refractivity contribution in [3.8, 4) is 0 Å². The predicted molar refractivity (Wildman–Crippen MR) is 105 cm³/mol. The molecule has 2 aliphatic carbocycles. The predicted octanol–water partition coefficient (Wildman–Crippen LogP) is 1.12. The number of carbonyl (C=O) groups is 1. The molecule has 30 heavy (non-hydrogen) atoms. The average Bonchev–Trinajstić information content (AvgIpc) is 3.18. The SMILES string of the molecule is COC1OC(OC)C(O)(CCC2(C)C(C)CCC34COC(=O)C3=CC(O)CC42)C1O. The Hall–Kier alpha value is -1.03. The minimum atomic E-state index is -1.61. The van der Waals surface area contributed by atoms with Crippen LogP contribution in [0.5, 0.6) is 0 Å². The third-order valence-corrected chi connectivity index (χ3v) is 8.61. The number of rotatable bonds is 5. The van der Waals surface area contributed by atoms with Gasteiger partial charge >= 0.3 is 5.97 Å². The van der Waals surface area contributed by atoms with Gasteiger partial charge in [-0.05, 0) is 55.4 Å². The van der Waals surface area contributed by atoms with Gasteiger partial charge in [-0.1, -0.05) is 13.8 Å². The fourth-order valence-corrected chi connectivity index (χ4v) is 6.52. The first-order valence-electron chi connectivity index (χ1n) is 10.8. The fraction of sp³-hybridized carbons (Fsp3) is 0.864. The van der Waals surface area contributed by atoms with Crippen molar-refractivity contribution in [2.75, 3.05) is 20.8 Å². The lowest BCUT2D eigenvalue weighted by molar-refractivity contribution is -0.221. The van der Waals surface area contributed by atoms with Crippen LogP contribution in [0.25, 0.3) is 0 Å². The summed E-state index contributed by atoms with van der Waals surface area (Å²) in [5.41, 5.74) is -1.68. The van der Waals surface area contributed by atoms with E-state index in [1.165, 1.54) is 14.2 Å². The molecule has 4 aliphatic rings. The second-order valence-electron chi connectivity index (χ2n) is 9.86. The van der Waals surface area contributed by atoms with Crippen LogP contribution in [0.3, 0.4) is 0 Å². The van der Waals surface area contributed by atoms with Crippen molar-refractivity contribution in [2.45, 2.75) is 76.3 Å². The van der Waals surface area contributed by atoms with E-state index in [0.717, 1.165) is 12.8 Å². The summed E-state index contributed by atoms with van der Waals surface area (Å²) in [6, 6.07) is 0. The molecule has 0 amide bonds. The molecule has 8 heteroatoms. The van der Waals surface area contributed by atoms with Gasteiger partial charge in [-0.3, -0.25) is 0 Å². The molecule has 3 N–H and O–H groups in total. The number of esters is 1. The van der Waals surface area contributed by atoms with E-state index < -0.39 is 30.4 Å². The second-order valence-corrected chi connectivity index (χ2v) is 9.86. The molecule has 1 spiro atoms. The van der Waals surface area contributed by atoms with Gasteiger partial charge in [-0.2, -0.15) is 0 Å². The maximum Gasteiger partial charge on any atom is 0.334 e. The molecule has 9 unspecified atom stereocenters. The zero-order valence-corrected chi connectivity index (χ0v) is 18.2. The van der Waals surface area contributed by atoms with Gasteiger partial charge in [-0.25, -0.2) is 4.79 Å². The molecule has 8 nitrogen and oxygen atoms in total. The van der Waals surface area contributed by atoms with E-state index in [-0.39, 0.29) is 29.1 Å². The van der Waals surface area contributed by atoms with E-state index in [1.807, 2.05) is 0 Å². The summed E-state index contributed by atoms with van der Waals surface area (Å²) in [5, 5.41) is 32.5. The average molecular weight is 427 g/mol. The molecule has 0 aromatic heterocycles. The maximum atomic E-state index is 12.4. The monoisotopic (exact) mass is 426 g/mol.